The highest BCUT2D eigenvalue weighted by molar-refractivity contribution is 14.1. The summed E-state index contributed by atoms with van der Waals surface area (Å²) in [7, 11) is 0. The topological polar surface area (TPSA) is 91.8 Å². The molecule has 48 heavy (non-hydrogen) atoms. The van der Waals surface area contributed by atoms with Crippen LogP contribution in [0.2, 0.25) is 0 Å². The van der Waals surface area contributed by atoms with Gasteiger partial charge in [0.05, 0.1) is 22.9 Å². The lowest BCUT2D eigenvalue weighted by Gasteiger charge is -2.55. The molecule has 2 amide bonds. The standard InChI is InChI=1S/C40H29FINO5/c41-32-13-7-12-28(37(32)46)35-26-18-19-27-34(39(48)43(38(27)47)25-16-14-24(42)15-17-25)30(26)20-31-36(45)29(22-8-3-1-4-9-22)21-33(44)40(31,35)23-10-5-2-6-11-23/h1-18,21,27,30-31,34-35,46H,19-20H2. The summed E-state index contributed by atoms with van der Waals surface area (Å²) in [4.78, 5) is 59.5. The van der Waals surface area contributed by atoms with E-state index in [1.165, 1.54) is 17.0 Å². The Morgan fingerprint density at radius 1 is 0.792 bits per heavy atom. The minimum absolute atomic E-state index is 0.128. The van der Waals surface area contributed by atoms with E-state index in [1.54, 1.807) is 66.7 Å². The van der Waals surface area contributed by atoms with Crippen LogP contribution in [0.25, 0.3) is 5.57 Å². The first-order valence-electron chi connectivity index (χ1n) is 16.0. The minimum Gasteiger partial charge on any atom is -0.505 e. The number of hydrogen-bond acceptors (Lipinski definition) is 5. The van der Waals surface area contributed by atoms with Gasteiger partial charge < -0.3 is 5.11 Å². The predicted molar refractivity (Wildman–Crippen MR) is 186 cm³/mol. The number of phenolic OH excluding ortho intramolecular Hbond substituents is 1. The van der Waals surface area contributed by atoms with Crippen molar-refractivity contribution in [3.05, 3.63) is 147 Å². The summed E-state index contributed by atoms with van der Waals surface area (Å²) in [5.74, 6) is -6.74. The molecule has 1 saturated heterocycles. The monoisotopic (exact) mass is 749 g/mol. The number of allylic oxidation sites excluding steroid dienone is 4. The van der Waals surface area contributed by atoms with Crippen LogP contribution in [0, 0.1) is 33.1 Å². The molecule has 0 spiro atoms. The van der Waals surface area contributed by atoms with Crippen LogP contribution in [-0.4, -0.2) is 28.5 Å². The van der Waals surface area contributed by atoms with E-state index >= 15 is 4.39 Å². The van der Waals surface area contributed by atoms with Gasteiger partial charge >= 0.3 is 0 Å². The minimum atomic E-state index is -1.54. The van der Waals surface area contributed by atoms with Crippen molar-refractivity contribution in [2.75, 3.05) is 4.90 Å². The summed E-state index contributed by atoms with van der Waals surface area (Å²) in [6.07, 6.45) is 3.67. The van der Waals surface area contributed by atoms with Crippen LogP contribution in [0.4, 0.5) is 10.1 Å². The molecule has 0 aromatic heterocycles. The lowest BCUT2D eigenvalue weighted by molar-refractivity contribution is -0.135. The fourth-order valence-corrected chi connectivity index (χ4v) is 9.19. The number of ketones is 2. The number of fused-ring (bicyclic) bond motifs is 4. The summed E-state index contributed by atoms with van der Waals surface area (Å²) in [6.45, 7) is 0. The van der Waals surface area contributed by atoms with Crippen molar-refractivity contribution >= 4 is 57.2 Å². The molecule has 6 atom stereocenters. The summed E-state index contributed by atoms with van der Waals surface area (Å²) < 4.78 is 16.2. The molecule has 238 valence electrons. The number of hydrogen-bond donors (Lipinski definition) is 1. The van der Waals surface area contributed by atoms with Crippen LogP contribution < -0.4 is 4.90 Å². The third kappa shape index (κ3) is 4.34. The Balaban J connectivity index is 1.37. The number of imide groups is 1. The van der Waals surface area contributed by atoms with Crippen molar-refractivity contribution in [3.8, 4) is 5.75 Å². The number of phenols is 1. The van der Waals surface area contributed by atoms with Gasteiger partial charge in [0.25, 0.3) is 0 Å². The lowest BCUT2D eigenvalue weighted by atomic mass is 9.44. The van der Waals surface area contributed by atoms with Crippen molar-refractivity contribution in [3.63, 3.8) is 0 Å². The Morgan fingerprint density at radius 3 is 2.19 bits per heavy atom. The normalized spacial score (nSPS) is 28.0. The van der Waals surface area contributed by atoms with Crippen LogP contribution in [0.5, 0.6) is 5.75 Å². The fraction of sp³-hybridized carbons (Fsp3) is 0.200. The van der Waals surface area contributed by atoms with E-state index in [0.29, 0.717) is 22.4 Å². The van der Waals surface area contributed by atoms with Gasteiger partial charge in [0.15, 0.2) is 23.1 Å². The van der Waals surface area contributed by atoms with Crippen LogP contribution in [0.15, 0.2) is 121 Å². The average molecular weight is 750 g/mol. The molecule has 1 heterocycles. The molecule has 4 aromatic rings. The third-order valence-electron chi connectivity index (χ3n) is 10.8. The summed E-state index contributed by atoms with van der Waals surface area (Å²) >= 11 is 2.16. The van der Waals surface area contributed by atoms with E-state index in [0.717, 1.165) is 9.64 Å². The zero-order valence-electron chi connectivity index (χ0n) is 25.6. The Bertz CT molecular complexity index is 2080. The van der Waals surface area contributed by atoms with Crippen LogP contribution in [0.1, 0.15) is 35.4 Å². The number of carbonyl (C=O) groups is 4. The van der Waals surface area contributed by atoms with Crippen LogP contribution in [-0.2, 0) is 24.6 Å². The van der Waals surface area contributed by atoms with Crippen molar-refractivity contribution < 1.29 is 28.7 Å². The second-order valence-corrected chi connectivity index (χ2v) is 14.2. The van der Waals surface area contributed by atoms with E-state index in [1.807, 2.05) is 30.3 Å². The SMILES string of the molecule is O=C1C(c2ccccc2)=CC(=O)C2(c3ccccc3)C1CC1C(=CCC3C(=O)N(c4ccc(I)cc4)C(=O)C31)C2c1cccc(F)c1O. The smallest absolute Gasteiger partial charge is 0.238 e. The zero-order chi connectivity index (χ0) is 33.3. The molecule has 1 saturated carbocycles. The Hall–Kier alpha value is -4.70. The molecule has 0 bridgehead atoms. The van der Waals surface area contributed by atoms with E-state index in [-0.39, 0.29) is 47.4 Å². The highest BCUT2D eigenvalue weighted by Crippen LogP contribution is 2.64. The second-order valence-electron chi connectivity index (χ2n) is 13.0. The molecule has 1 N–H and O–H groups in total. The molecule has 3 aliphatic carbocycles. The van der Waals surface area contributed by atoms with Crippen molar-refractivity contribution in [2.24, 2.45) is 23.7 Å². The number of para-hydroxylation sites is 1. The number of halogens is 2. The number of rotatable bonds is 4. The van der Waals surface area contributed by atoms with Gasteiger partial charge in [-0.3, -0.25) is 24.1 Å². The summed E-state index contributed by atoms with van der Waals surface area (Å²) in [5.41, 5.74) is 1.21. The number of amides is 2. The molecule has 0 radical (unpaired) electrons. The van der Waals surface area contributed by atoms with Gasteiger partial charge in [0.1, 0.15) is 0 Å². The Morgan fingerprint density at radius 2 is 1.48 bits per heavy atom. The van der Waals surface area contributed by atoms with Gasteiger partial charge in [-0.2, -0.15) is 0 Å². The summed E-state index contributed by atoms with van der Waals surface area (Å²) in [5, 5.41) is 11.3. The molecule has 2 fully saturated rings. The highest BCUT2D eigenvalue weighted by Gasteiger charge is 2.66. The maximum Gasteiger partial charge on any atom is 0.238 e. The van der Waals surface area contributed by atoms with E-state index < -0.39 is 46.6 Å². The fourth-order valence-electron chi connectivity index (χ4n) is 8.83. The van der Waals surface area contributed by atoms with E-state index in [4.69, 9.17) is 0 Å². The first-order valence-corrected chi connectivity index (χ1v) is 17.0. The predicted octanol–water partition coefficient (Wildman–Crippen LogP) is 7.16. The second kappa shape index (κ2) is 11.5. The highest BCUT2D eigenvalue weighted by atomic mass is 127. The first kappa shape index (κ1) is 30.6. The molecular weight excluding hydrogens is 720 g/mol. The largest absolute Gasteiger partial charge is 0.505 e. The first-order chi connectivity index (χ1) is 23.2. The molecule has 1 aliphatic heterocycles. The Kier molecular flexibility index (Phi) is 7.32. The Labute approximate surface area is 290 Å². The molecule has 8 rings (SSSR count). The number of carbonyl (C=O) groups excluding carboxylic acids is 4. The van der Waals surface area contributed by atoms with Crippen molar-refractivity contribution in [1.82, 2.24) is 0 Å². The molecular formula is C40H29FINO5. The molecule has 8 heteroatoms. The molecule has 6 unspecified atom stereocenters. The summed E-state index contributed by atoms with van der Waals surface area (Å²) in [6, 6.07) is 29.4. The maximum atomic E-state index is 15.2. The lowest BCUT2D eigenvalue weighted by Crippen LogP contribution is -2.58. The average Bonchev–Trinajstić information content (AvgIpc) is 3.37. The van der Waals surface area contributed by atoms with Crippen LogP contribution >= 0.6 is 22.6 Å². The maximum absolute atomic E-state index is 15.2. The van der Waals surface area contributed by atoms with Crippen LogP contribution in [0.3, 0.4) is 0 Å². The van der Waals surface area contributed by atoms with Crippen molar-refractivity contribution in [1.29, 1.82) is 0 Å². The van der Waals surface area contributed by atoms with Gasteiger partial charge in [0, 0.05) is 26.5 Å². The zero-order valence-corrected chi connectivity index (χ0v) is 27.7. The molecule has 6 nitrogen and oxygen atoms in total. The van der Waals surface area contributed by atoms with E-state index in [9.17, 15) is 24.3 Å². The molecule has 4 aliphatic rings. The number of Topliss-reactive ketones (excluding diaryl/α,β-unsaturated/α-hetero) is 1. The van der Waals surface area contributed by atoms with Crippen molar-refractivity contribution in [2.45, 2.75) is 24.2 Å². The third-order valence-corrected chi connectivity index (χ3v) is 11.5. The van der Waals surface area contributed by atoms with Gasteiger partial charge in [-0.25, -0.2) is 4.39 Å². The van der Waals surface area contributed by atoms with E-state index in [2.05, 4.69) is 22.6 Å². The number of anilines is 1. The number of aromatic hydroxyl groups is 1. The van der Waals surface area contributed by atoms with Gasteiger partial charge in [-0.05, 0) is 88.9 Å². The molecule has 4 aromatic carbocycles. The van der Waals surface area contributed by atoms with Gasteiger partial charge in [-0.15, -0.1) is 0 Å². The quantitative estimate of drug-likeness (QED) is 0.136. The van der Waals surface area contributed by atoms with Gasteiger partial charge in [0.2, 0.25) is 11.8 Å². The number of benzene rings is 4. The van der Waals surface area contributed by atoms with Gasteiger partial charge in [-0.1, -0.05) is 84.4 Å². The number of nitrogens with zero attached hydrogens (tertiary/aromatic N) is 1.